The molecule has 1 saturated heterocycles. The molecule has 1 aliphatic heterocycles. The van der Waals surface area contributed by atoms with E-state index in [1.54, 1.807) is 17.0 Å². The first-order valence-corrected chi connectivity index (χ1v) is 11.0. The molecule has 0 atom stereocenters. The molecular weight excluding hydrogens is 394 g/mol. The number of nitrogens with one attached hydrogen (secondary N) is 1. The second kappa shape index (κ2) is 7.64. The Bertz CT molecular complexity index is 902. The zero-order valence-electron chi connectivity index (χ0n) is 14.5. The average Bonchev–Trinajstić information content (AvgIpc) is 2.93. The number of carbonyl (C=O) groups excluding carboxylic acids is 1. The number of rotatable bonds is 4. The number of aromatic nitrogens is 1. The fourth-order valence-electron chi connectivity index (χ4n) is 2.97. The van der Waals surface area contributed by atoms with Crippen molar-refractivity contribution in [3.63, 3.8) is 0 Å². The van der Waals surface area contributed by atoms with Crippen LogP contribution in [-0.2, 0) is 10.0 Å². The Morgan fingerprint density at radius 3 is 2.38 bits per heavy atom. The minimum Gasteiger partial charge on any atom is -0.338 e. The third-order valence-corrected chi connectivity index (χ3v) is 7.17. The first-order valence-electron chi connectivity index (χ1n) is 8.27. The van der Waals surface area contributed by atoms with Gasteiger partial charge in [0.25, 0.3) is 5.91 Å². The van der Waals surface area contributed by atoms with E-state index in [2.05, 4.69) is 9.71 Å². The molecule has 0 saturated carbocycles. The van der Waals surface area contributed by atoms with Crippen LogP contribution in [0.5, 0.6) is 0 Å². The Hall–Kier alpha value is -1.48. The zero-order valence-corrected chi connectivity index (χ0v) is 16.9. The number of aryl methyl sites for hydroxylation is 2. The van der Waals surface area contributed by atoms with E-state index in [1.807, 2.05) is 13.8 Å². The number of thiazole rings is 1. The van der Waals surface area contributed by atoms with E-state index in [9.17, 15) is 13.2 Å². The largest absolute Gasteiger partial charge is 0.338 e. The molecule has 26 heavy (non-hydrogen) atoms. The lowest BCUT2D eigenvalue weighted by molar-refractivity contribution is 0.0715. The fraction of sp³-hybridized carbons (Fsp3) is 0.412. The van der Waals surface area contributed by atoms with Gasteiger partial charge in [0.15, 0.2) is 0 Å². The lowest BCUT2D eigenvalue weighted by atomic mass is 10.1. The van der Waals surface area contributed by atoms with Crippen molar-refractivity contribution in [2.75, 3.05) is 13.1 Å². The monoisotopic (exact) mass is 413 g/mol. The molecule has 9 heteroatoms. The minimum atomic E-state index is -3.59. The second-order valence-electron chi connectivity index (χ2n) is 6.29. The Kier molecular flexibility index (Phi) is 5.67. The standard InChI is InChI=1S/C17H20ClN3O3S2/c1-11-16(25-12(2)19-11)17(22)21-9-7-14(8-10-21)20-26(23,24)15-5-3-13(18)4-6-15/h3-6,14,20H,7-10H2,1-2H3. The molecule has 3 rings (SSSR count). The molecule has 1 N–H and O–H groups in total. The van der Waals surface area contributed by atoms with Gasteiger partial charge in [-0.2, -0.15) is 0 Å². The maximum absolute atomic E-state index is 12.6. The second-order valence-corrected chi connectivity index (χ2v) is 9.64. The summed E-state index contributed by atoms with van der Waals surface area (Å²) in [5.74, 6) is -0.0212. The molecule has 0 bridgehead atoms. The number of piperidine rings is 1. The summed E-state index contributed by atoms with van der Waals surface area (Å²) < 4.78 is 27.6. The summed E-state index contributed by atoms with van der Waals surface area (Å²) in [5, 5.41) is 1.36. The van der Waals surface area contributed by atoms with Gasteiger partial charge in [0, 0.05) is 24.2 Å². The number of sulfonamides is 1. The van der Waals surface area contributed by atoms with Gasteiger partial charge >= 0.3 is 0 Å². The number of hydrogen-bond donors (Lipinski definition) is 1. The number of benzene rings is 1. The Balaban J connectivity index is 1.61. The number of halogens is 1. The van der Waals surface area contributed by atoms with E-state index < -0.39 is 10.0 Å². The first kappa shape index (κ1) is 19.3. The van der Waals surface area contributed by atoms with E-state index in [4.69, 9.17) is 11.6 Å². The van der Waals surface area contributed by atoms with Gasteiger partial charge in [-0.3, -0.25) is 4.79 Å². The molecule has 6 nitrogen and oxygen atoms in total. The van der Waals surface area contributed by atoms with Crippen LogP contribution in [0, 0.1) is 13.8 Å². The van der Waals surface area contributed by atoms with Crippen LogP contribution in [0.1, 0.15) is 33.2 Å². The molecule has 0 radical (unpaired) electrons. The van der Waals surface area contributed by atoms with Gasteiger partial charge in [-0.1, -0.05) is 11.6 Å². The summed E-state index contributed by atoms with van der Waals surface area (Å²) in [4.78, 5) is 19.6. The van der Waals surface area contributed by atoms with Crippen LogP contribution in [0.15, 0.2) is 29.2 Å². The number of amides is 1. The van der Waals surface area contributed by atoms with Gasteiger partial charge in [-0.05, 0) is 51.0 Å². The van der Waals surface area contributed by atoms with Crippen LogP contribution in [0.25, 0.3) is 0 Å². The van der Waals surface area contributed by atoms with Crippen LogP contribution in [0.4, 0.5) is 0 Å². The highest BCUT2D eigenvalue weighted by Crippen LogP contribution is 2.22. The van der Waals surface area contributed by atoms with Gasteiger partial charge in [-0.15, -0.1) is 11.3 Å². The molecule has 1 aromatic carbocycles. The smallest absolute Gasteiger partial charge is 0.265 e. The number of carbonyl (C=O) groups is 1. The van der Waals surface area contributed by atoms with Crippen LogP contribution in [-0.4, -0.2) is 43.3 Å². The summed E-state index contributed by atoms with van der Waals surface area (Å²) >= 11 is 7.21. The Morgan fingerprint density at radius 1 is 1.23 bits per heavy atom. The van der Waals surface area contributed by atoms with Crippen molar-refractivity contribution in [1.29, 1.82) is 0 Å². The molecule has 0 aliphatic carbocycles. The quantitative estimate of drug-likeness (QED) is 0.835. The maximum atomic E-state index is 12.6. The summed E-state index contributed by atoms with van der Waals surface area (Å²) in [6.45, 7) is 4.75. The van der Waals surface area contributed by atoms with Crippen LogP contribution in [0.3, 0.4) is 0 Å². The summed E-state index contributed by atoms with van der Waals surface area (Å²) in [6.07, 6.45) is 1.16. The molecule has 1 fully saturated rings. The molecule has 1 amide bonds. The van der Waals surface area contributed by atoms with Crippen molar-refractivity contribution in [2.24, 2.45) is 0 Å². The van der Waals surface area contributed by atoms with E-state index in [1.165, 1.54) is 23.5 Å². The van der Waals surface area contributed by atoms with E-state index in [0.717, 1.165) is 10.7 Å². The van der Waals surface area contributed by atoms with Crippen molar-refractivity contribution in [2.45, 2.75) is 37.6 Å². The highest BCUT2D eigenvalue weighted by molar-refractivity contribution is 7.89. The van der Waals surface area contributed by atoms with Crippen LogP contribution in [0.2, 0.25) is 5.02 Å². The summed E-state index contributed by atoms with van der Waals surface area (Å²) in [6, 6.07) is 5.88. The van der Waals surface area contributed by atoms with E-state index in [0.29, 0.717) is 35.8 Å². The highest BCUT2D eigenvalue weighted by Gasteiger charge is 2.28. The number of nitrogens with zero attached hydrogens (tertiary/aromatic N) is 2. The van der Waals surface area contributed by atoms with Crippen molar-refractivity contribution in [3.8, 4) is 0 Å². The third kappa shape index (κ3) is 4.25. The average molecular weight is 414 g/mol. The third-order valence-electron chi connectivity index (χ3n) is 4.33. The number of hydrogen-bond acceptors (Lipinski definition) is 5. The Morgan fingerprint density at radius 2 is 1.85 bits per heavy atom. The predicted molar refractivity (Wildman–Crippen MR) is 102 cm³/mol. The molecule has 1 aliphatic rings. The zero-order chi connectivity index (χ0) is 18.9. The lowest BCUT2D eigenvalue weighted by Gasteiger charge is -2.32. The fourth-order valence-corrected chi connectivity index (χ4v) is 5.29. The molecule has 1 aromatic heterocycles. The normalized spacial score (nSPS) is 16.0. The molecule has 0 spiro atoms. The first-order chi connectivity index (χ1) is 12.3. The Labute approximate surface area is 162 Å². The summed E-state index contributed by atoms with van der Waals surface area (Å²) in [7, 11) is -3.59. The molecular formula is C17H20ClN3O3S2. The number of likely N-dealkylation sites (tertiary alicyclic amines) is 1. The van der Waals surface area contributed by atoms with Crippen LogP contribution >= 0.6 is 22.9 Å². The SMILES string of the molecule is Cc1nc(C)c(C(=O)N2CCC(NS(=O)(=O)c3ccc(Cl)cc3)CC2)s1. The van der Waals surface area contributed by atoms with Crippen molar-refractivity contribution in [3.05, 3.63) is 44.9 Å². The summed E-state index contributed by atoms with van der Waals surface area (Å²) in [5.41, 5.74) is 0.753. The van der Waals surface area contributed by atoms with Crippen molar-refractivity contribution >= 4 is 38.9 Å². The van der Waals surface area contributed by atoms with Gasteiger partial charge in [0.2, 0.25) is 10.0 Å². The molecule has 0 unspecified atom stereocenters. The van der Waals surface area contributed by atoms with Gasteiger partial charge in [-0.25, -0.2) is 18.1 Å². The topological polar surface area (TPSA) is 79.4 Å². The van der Waals surface area contributed by atoms with Crippen molar-refractivity contribution in [1.82, 2.24) is 14.6 Å². The maximum Gasteiger partial charge on any atom is 0.265 e. The van der Waals surface area contributed by atoms with E-state index in [-0.39, 0.29) is 16.8 Å². The van der Waals surface area contributed by atoms with Gasteiger partial charge in [0.1, 0.15) is 4.88 Å². The predicted octanol–water partition coefficient (Wildman–Crippen LogP) is 3.00. The minimum absolute atomic E-state index is 0.0212. The lowest BCUT2D eigenvalue weighted by Crippen LogP contribution is -2.46. The van der Waals surface area contributed by atoms with Gasteiger partial charge in [0.05, 0.1) is 15.6 Å². The molecule has 140 valence electrons. The van der Waals surface area contributed by atoms with E-state index >= 15 is 0 Å². The van der Waals surface area contributed by atoms with Crippen molar-refractivity contribution < 1.29 is 13.2 Å². The highest BCUT2D eigenvalue weighted by atomic mass is 35.5. The van der Waals surface area contributed by atoms with Gasteiger partial charge < -0.3 is 4.90 Å². The molecule has 2 aromatic rings. The molecule has 2 heterocycles. The van der Waals surface area contributed by atoms with Crippen LogP contribution < -0.4 is 4.72 Å².